The molecule has 0 bridgehead atoms. The summed E-state index contributed by atoms with van der Waals surface area (Å²) < 4.78 is 5.60. The molecule has 2 rings (SSSR count). The van der Waals surface area contributed by atoms with Crippen molar-refractivity contribution < 1.29 is 9.84 Å². The maximum absolute atomic E-state index is 9.78. The van der Waals surface area contributed by atoms with E-state index >= 15 is 0 Å². The van der Waals surface area contributed by atoms with Crippen molar-refractivity contribution in [1.82, 2.24) is 0 Å². The molecular formula is C11H14O2. The quantitative estimate of drug-likeness (QED) is 0.660. The lowest BCUT2D eigenvalue weighted by Gasteiger charge is -2.27. The molecule has 2 heteroatoms. The van der Waals surface area contributed by atoms with Gasteiger partial charge in [-0.15, -0.1) is 0 Å². The van der Waals surface area contributed by atoms with E-state index in [1.54, 1.807) is 0 Å². The maximum Gasteiger partial charge on any atom is 0.125 e. The number of rotatable bonds is 0. The summed E-state index contributed by atoms with van der Waals surface area (Å²) >= 11 is 0. The van der Waals surface area contributed by atoms with Crippen LogP contribution in [0.15, 0.2) is 18.2 Å². The van der Waals surface area contributed by atoms with Crippen LogP contribution in [0.25, 0.3) is 0 Å². The molecule has 2 atom stereocenters. The lowest BCUT2D eigenvalue weighted by atomic mass is 9.98. The first-order chi connectivity index (χ1) is 6.16. The number of hydrogen-bond donors (Lipinski definition) is 1. The van der Waals surface area contributed by atoms with E-state index < -0.39 is 0 Å². The maximum atomic E-state index is 9.78. The molecule has 2 nitrogen and oxygen atoms in total. The normalized spacial score (nSPS) is 26.4. The highest BCUT2D eigenvalue weighted by atomic mass is 16.5. The summed E-state index contributed by atoms with van der Waals surface area (Å²) in [5.41, 5.74) is 2.09. The molecule has 13 heavy (non-hydrogen) atoms. The number of aliphatic hydroxyl groups excluding tert-OH is 1. The monoisotopic (exact) mass is 178 g/mol. The summed E-state index contributed by atoms with van der Waals surface area (Å²) in [4.78, 5) is 0. The second-order valence-electron chi connectivity index (χ2n) is 3.72. The van der Waals surface area contributed by atoms with Crippen molar-refractivity contribution in [3.05, 3.63) is 29.3 Å². The number of aliphatic hydroxyl groups is 1. The molecule has 0 aromatic heterocycles. The fourth-order valence-electron chi connectivity index (χ4n) is 1.74. The fourth-order valence-corrected chi connectivity index (χ4v) is 1.74. The van der Waals surface area contributed by atoms with Crippen LogP contribution in [0.5, 0.6) is 5.75 Å². The highest BCUT2D eigenvalue weighted by Gasteiger charge is 2.23. The summed E-state index contributed by atoms with van der Waals surface area (Å²) in [5.74, 6) is 0.830. The van der Waals surface area contributed by atoms with Crippen LogP contribution in [0.4, 0.5) is 0 Å². The zero-order valence-corrected chi connectivity index (χ0v) is 7.95. The van der Waals surface area contributed by atoms with Crippen LogP contribution in [0.2, 0.25) is 0 Å². The molecule has 1 heterocycles. The Labute approximate surface area is 78.2 Å². The van der Waals surface area contributed by atoms with Crippen LogP contribution >= 0.6 is 0 Å². The summed E-state index contributed by atoms with van der Waals surface area (Å²) in [6, 6.07) is 5.93. The third-order valence-corrected chi connectivity index (χ3v) is 2.41. The van der Waals surface area contributed by atoms with Gasteiger partial charge in [0, 0.05) is 12.0 Å². The number of hydrogen-bond acceptors (Lipinski definition) is 2. The van der Waals surface area contributed by atoms with Crippen molar-refractivity contribution >= 4 is 0 Å². The van der Waals surface area contributed by atoms with Gasteiger partial charge >= 0.3 is 0 Å². The molecule has 0 fully saturated rings. The molecule has 1 aliphatic heterocycles. The lowest BCUT2D eigenvalue weighted by Crippen LogP contribution is -2.22. The predicted octanol–water partition coefficient (Wildman–Crippen LogP) is 2.20. The first-order valence-corrected chi connectivity index (χ1v) is 4.62. The Hall–Kier alpha value is -1.02. The van der Waals surface area contributed by atoms with Gasteiger partial charge in [-0.25, -0.2) is 0 Å². The van der Waals surface area contributed by atoms with Gasteiger partial charge < -0.3 is 9.84 Å². The molecule has 1 aromatic carbocycles. The fraction of sp³-hybridized carbons (Fsp3) is 0.455. The van der Waals surface area contributed by atoms with Crippen LogP contribution in [-0.4, -0.2) is 11.2 Å². The Bertz CT molecular complexity index is 320. The van der Waals surface area contributed by atoms with Gasteiger partial charge in [-0.1, -0.05) is 11.6 Å². The summed E-state index contributed by atoms with van der Waals surface area (Å²) in [5, 5.41) is 9.78. The standard InChI is InChI=1S/C11H14O2/c1-7-3-4-11-9(5-7)10(12)6-8(2)13-11/h3-5,8,10,12H,6H2,1-2H3/t8-,10+/m0/s1. The molecule has 1 N–H and O–H groups in total. The van der Waals surface area contributed by atoms with Gasteiger partial charge in [-0.2, -0.15) is 0 Å². The van der Waals surface area contributed by atoms with Crippen molar-refractivity contribution in [2.45, 2.75) is 32.5 Å². The second-order valence-corrected chi connectivity index (χ2v) is 3.72. The molecule has 1 aromatic rings. The van der Waals surface area contributed by atoms with Crippen LogP contribution in [0, 0.1) is 6.92 Å². The molecule has 0 aliphatic carbocycles. The van der Waals surface area contributed by atoms with E-state index in [9.17, 15) is 5.11 Å². The minimum absolute atomic E-state index is 0.116. The van der Waals surface area contributed by atoms with Crippen molar-refractivity contribution in [3.63, 3.8) is 0 Å². The third kappa shape index (κ3) is 1.54. The minimum atomic E-state index is -0.362. The largest absolute Gasteiger partial charge is 0.490 e. The van der Waals surface area contributed by atoms with Crippen LogP contribution in [0.1, 0.15) is 30.6 Å². The Morgan fingerprint density at radius 1 is 1.46 bits per heavy atom. The number of fused-ring (bicyclic) bond motifs is 1. The lowest BCUT2D eigenvalue weighted by molar-refractivity contribution is 0.0749. The van der Waals surface area contributed by atoms with E-state index in [2.05, 4.69) is 0 Å². The first kappa shape index (κ1) is 8.57. The van der Waals surface area contributed by atoms with Crippen LogP contribution in [-0.2, 0) is 0 Å². The second kappa shape index (κ2) is 3.04. The van der Waals surface area contributed by atoms with Gasteiger partial charge in [-0.05, 0) is 26.0 Å². The SMILES string of the molecule is Cc1ccc2c(c1)[C@H](O)C[C@H](C)O2. The van der Waals surface area contributed by atoms with Crippen molar-refractivity contribution in [3.8, 4) is 5.75 Å². The highest BCUT2D eigenvalue weighted by molar-refractivity contribution is 5.39. The zero-order chi connectivity index (χ0) is 9.42. The predicted molar refractivity (Wildman–Crippen MR) is 50.8 cm³/mol. The molecule has 0 unspecified atom stereocenters. The highest BCUT2D eigenvalue weighted by Crippen LogP contribution is 2.34. The summed E-state index contributed by atoms with van der Waals surface area (Å²) in [7, 11) is 0. The Balaban J connectivity index is 2.43. The Kier molecular flexibility index (Phi) is 2.00. The first-order valence-electron chi connectivity index (χ1n) is 4.62. The molecule has 70 valence electrons. The topological polar surface area (TPSA) is 29.5 Å². The van der Waals surface area contributed by atoms with Crippen LogP contribution in [0.3, 0.4) is 0 Å². The third-order valence-electron chi connectivity index (χ3n) is 2.41. The van der Waals surface area contributed by atoms with Gasteiger partial charge in [-0.3, -0.25) is 0 Å². The van der Waals surface area contributed by atoms with E-state index in [0.717, 1.165) is 16.9 Å². The van der Waals surface area contributed by atoms with E-state index in [1.807, 2.05) is 32.0 Å². The molecular weight excluding hydrogens is 164 g/mol. The van der Waals surface area contributed by atoms with E-state index in [1.165, 1.54) is 0 Å². The molecule has 1 aliphatic rings. The smallest absolute Gasteiger partial charge is 0.125 e. The Morgan fingerprint density at radius 3 is 3.00 bits per heavy atom. The summed E-state index contributed by atoms with van der Waals surface area (Å²) in [6.45, 7) is 4.00. The average Bonchev–Trinajstić information content (AvgIpc) is 2.06. The summed E-state index contributed by atoms with van der Waals surface area (Å²) in [6.07, 6.45) is 0.444. The zero-order valence-electron chi connectivity index (χ0n) is 7.95. The van der Waals surface area contributed by atoms with E-state index in [0.29, 0.717) is 6.42 Å². The van der Waals surface area contributed by atoms with E-state index in [4.69, 9.17) is 4.74 Å². The van der Waals surface area contributed by atoms with Gasteiger partial charge in [0.15, 0.2) is 0 Å². The average molecular weight is 178 g/mol. The van der Waals surface area contributed by atoms with Gasteiger partial charge in [0.25, 0.3) is 0 Å². The number of benzene rings is 1. The number of ether oxygens (including phenoxy) is 1. The van der Waals surface area contributed by atoms with Crippen molar-refractivity contribution in [2.75, 3.05) is 0 Å². The minimum Gasteiger partial charge on any atom is -0.490 e. The Morgan fingerprint density at radius 2 is 2.23 bits per heavy atom. The number of aryl methyl sites for hydroxylation is 1. The molecule has 0 amide bonds. The van der Waals surface area contributed by atoms with Gasteiger partial charge in [0.1, 0.15) is 5.75 Å². The van der Waals surface area contributed by atoms with E-state index in [-0.39, 0.29) is 12.2 Å². The van der Waals surface area contributed by atoms with Crippen LogP contribution < -0.4 is 4.74 Å². The van der Waals surface area contributed by atoms with Gasteiger partial charge in [0.2, 0.25) is 0 Å². The molecule has 0 saturated heterocycles. The molecule has 0 saturated carbocycles. The van der Waals surface area contributed by atoms with Gasteiger partial charge in [0.05, 0.1) is 12.2 Å². The van der Waals surface area contributed by atoms with Crippen molar-refractivity contribution in [1.29, 1.82) is 0 Å². The van der Waals surface area contributed by atoms with Crippen molar-refractivity contribution in [2.24, 2.45) is 0 Å². The molecule has 0 spiro atoms. The molecule has 0 radical (unpaired) electrons.